The average molecular weight is 770 g/mol. The third-order valence-electron chi connectivity index (χ3n) is 11.9. The molecule has 56 heavy (non-hydrogen) atoms. The second-order valence-electron chi connectivity index (χ2n) is 16.4. The predicted molar refractivity (Wildman–Crippen MR) is 240 cm³/mol. The number of para-hydroxylation sites is 2. The summed E-state index contributed by atoms with van der Waals surface area (Å²) in [5, 5.41) is 11.1. The van der Waals surface area contributed by atoms with E-state index in [1.807, 2.05) is 51.1 Å². The third-order valence-corrected chi connectivity index (χ3v) is 13.2. The average Bonchev–Trinajstić information content (AvgIpc) is 3.55. The van der Waals surface area contributed by atoms with Crippen molar-refractivity contribution in [3.05, 3.63) is 135 Å². The van der Waals surface area contributed by atoms with Crippen molar-refractivity contribution in [2.75, 3.05) is 24.6 Å². The van der Waals surface area contributed by atoms with Crippen molar-refractivity contribution < 1.29 is 14.4 Å². The zero-order valence-electron chi connectivity index (χ0n) is 35.0. The molecule has 294 valence electrons. The van der Waals surface area contributed by atoms with Crippen LogP contribution >= 0.6 is 11.3 Å². The number of hydrogen-bond acceptors (Lipinski definition) is 5. The molecule has 4 aromatic carbocycles. The predicted octanol–water partition coefficient (Wildman–Crippen LogP) is 12.1. The summed E-state index contributed by atoms with van der Waals surface area (Å²) in [5.41, 5.74) is 10.6. The highest BCUT2D eigenvalue weighted by Gasteiger charge is 2.44. The van der Waals surface area contributed by atoms with Crippen molar-refractivity contribution >= 4 is 48.6 Å². The second-order valence-corrected chi connectivity index (χ2v) is 17.4. The van der Waals surface area contributed by atoms with E-state index in [1.54, 1.807) is 11.3 Å². The first-order valence-corrected chi connectivity index (χ1v) is 21.4. The standard InChI is InChI=1S/C31H41N2.C19H20O3S/c1-7-9-22-32-26-18-13-11-16-24(26)30(3,4)28(32)20-15-21-29-31(5,6)25-17-12-14-19-27(25)33(29)23-10-8-2;1-4-13(20)10-22-16-9-15-18(21)14-7-5-6-8-17(14)23-19(15)12(3)11(16)2/h11-21H,7-10,22-23H2,1-6H3;5-9,13,20H,4,10H2,1-3H3/q+1;. The monoisotopic (exact) mass is 769 g/mol. The summed E-state index contributed by atoms with van der Waals surface area (Å²) in [5.74, 6) is 0.682. The molecule has 7 rings (SSSR count). The summed E-state index contributed by atoms with van der Waals surface area (Å²) in [4.78, 5) is 15.4. The van der Waals surface area contributed by atoms with Crippen LogP contribution in [0, 0.1) is 13.8 Å². The number of hydrogen-bond donors (Lipinski definition) is 1. The molecule has 2 aliphatic heterocycles. The number of anilines is 1. The molecule has 1 aromatic heterocycles. The number of aliphatic hydroxyl groups excluding tert-OH is 1. The first-order chi connectivity index (χ1) is 26.9. The van der Waals surface area contributed by atoms with Crippen LogP contribution in [-0.4, -0.2) is 41.2 Å². The Morgan fingerprint density at radius 3 is 2.25 bits per heavy atom. The largest absolute Gasteiger partial charge is 0.491 e. The molecule has 2 aliphatic rings. The summed E-state index contributed by atoms with van der Waals surface area (Å²) in [6.07, 6.45) is 12.0. The molecule has 0 fully saturated rings. The SMILES string of the molecule is CCC(O)COc1cc2c(=O)c3ccccc3sc2c(C)c1C.CCCCN1/C(=C\C=C\C2=[N+](CCCC)c3ccccc3C2(C)C)C(C)(C)c2ccccc21. The number of nitrogens with zero attached hydrogens (tertiary/aromatic N) is 2. The normalized spacial score (nSPS) is 16.8. The Balaban J connectivity index is 0.000000202. The van der Waals surface area contributed by atoms with E-state index in [0.29, 0.717) is 17.6 Å². The molecule has 1 N–H and O–H groups in total. The number of benzene rings is 4. The van der Waals surface area contributed by atoms with Crippen LogP contribution in [0.4, 0.5) is 11.4 Å². The zero-order valence-corrected chi connectivity index (χ0v) is 35.9. The highest BCUT2D eigenvalue weighted by atomic mass is 32.1. The van der Waals surface area contributed by atoms with E-state index in [-0.39, 0.29) is 22.9 Å². The van der Waals surface area contributed by atoms with Crippen LogP contribution in [0.5, 0.6) is 5.75 Å². The fraction of sp³-hybridized carbons (Fsp3) is 0.400. The molecule has 6 heteroatoms. The van der Waals surface area contributed by atoms with Crippen molar-refractivity contribution in [1.82, 2.24) is 0 Å². The van der Waals surface area contributed by atoms with E-state index in [2.05, 4.69) is 118 Å². The molecule has 5 nitrogen and oxygen atoms in total. The Hall–Kier alpha value is -4.52. The van der Waals surface area contributed by atoms with Gasteiger partial charge in [-0.3, -0.25) is 4.79 Å². The van der Waals surface area contributed by atoms with Crippen LogP contribution in [0.3, 0.4) is 0 Å². The quantitative estimate of drug-likeness (QED) is 0.101. The lowest BCUT2D eigenvalue weighted by molar-refractivity contribution is -0.438. The molecule has 0 saturated carbocycles. The lowest BCUT2D eigenvalue weighted by Gasteiger charge is -2.27. The van der Waals surface area contributed by atoms with Crippen LogP contribution in [0.2, 0.25) is 0 Å². The van der Waals surface area contributed by atoms with Gasteiger partial charge in [-0.05, 0) is 87.6 Å². The Bertz CT molecular complexity index is 2360. The first-order valence-electron chi connectivity index (χ1n) is 20.6. The molecule has 0 aliphatic carbocycles. The van der Waals surface area contributed by atoms with Crippen LogP contribution in [0.1, 0.15) is 103 Å². The molecular formula is C50H61N2O3S+. The minimum Gasteiger partial charge on any atom is -0.491 e. The number of ether oxygens (including phenoxy) is 1. The van der Waals surface area contributed by atoms with Gasteiger partial charge in [0.1, 0.15) is 18.9 Å². The van der Waals surface area contributed by atoms with Gasteiger partial charge in [-0.25, -0.2) is 0 Å². The molecule has 0 spiro atoms. The molecule has 0 saturated heterocycles. The van der Waals surface area contributed by atoms with E-state index in [0.717, 1.165) is 39.0 Å². The summed E-state index contributed by atoms with van der Waals surface area (Å²) >= 11 is 1.64. The van der Waals surface area contributed by atoms with E-state index in [1.165, 1.54) is 59.6 Å². The van der Waals surface area contributed by atoms with E-state index in [4.69, 9.17) is 4.74 Å². The maximum absolute atomic E-state index is 12.8. The van der Waals surface area contributed by atoms with Crippen LogP contribution in [0.15, 0.2) is 108 Å². The Morgan fingerprint density at radius 2 is 1.52 bits per heavy atom. The van der Waals surface area contributed by atoms with Gasteiger partial charge in [0.2, 0.25) is 5.69 Å². The van der Waals surface area contributed by atoms with Gasteiger partial charge in [-0.2, -0.15) is 4.58 Å². The Kier molecular flexibility index (Phi) is 12.7. The van der Waals surface area contributed by atoms with Gasteiger partial charge in [0.05, 0.1) is 11.5 Å². The fourth-order valence-corrected chi connectivity index (χ4v) is 9.45. The van der Waals surface area contributed by atoms with Gasteiger partial charge in [0.15, 0.2) is 11.1 Å². The van der Waals surface area contributed by atoms with Crippen LogP contribution < -0.4 is 15.1 Å². The number of aryl methyl sites for hydroxylation is 1. The van der Waals surface area contributed by atoms with Gasteiger partial charge < -0.3 is 14.7 Å². The van der Waals surface area contributed by atoms with Crippen molar-refractivity contribution in [2.24, 2.45) is 0 Å². The van der Waals surface area contributed by atoms with Crippen LogP contribution in [-0.2, 0) is 10.8 Å². The number of rotatable bonds is 12. The number of unbranched alkanes of at least 4 members (excludes halogenated alkanes) is 2. The molecule has 0 amide bonds. The van der Waals surface area contributed by atoms with Crippen molar-refractivity contribution in [3.8, 4) is 5.75 Å². The summed E-state index contributed by atoms with van der Waals surface area (Å²) in [6, 6.07) is 27.4. The number of allylic oxidation sites excluding steroid dienone is 4. The van der Waals surface area contributed by atoms with Crippen molar-refractivity contribution in [2.45, 2.75) is 111 Å². The summed E-state index contributed by atoms with van der Waals surface area (Å²) in [7, 11) is 0. The van der Waals surface area contributed by atoms with Gasteiger partial charge in [-0.15, -0.1) is 11.3 Å². The topological polar surface area (TPSA) is 52.8 Å². The fourth-order valence-electron chi connectivity index (χ4n) is 8.24. The molecular weight excluding hydrogens is 709 g/mol. The number of aliphatic hydroxyl groups is 1. The highest BCUT2D eigenvalue weighted by Crippen LogP contribution is 2.48. The minimum absolute atomic E-state index is 0.00932. The van der Waals surface area contributed by atoms with Crippen LogP contribution in [0.25, 0.3) is 20.2 Å². The Labute approximate surface area is 338 Å². The zero-order chi connectivity index (χ0) is 40.2. The molecule has 1 atom stereocenters. The van der Waals surface area contributed by atoms with E-state index < -0.39 is 6.10 Å². The van der Waals surface area contributed by atoms with E-state index in [9.17, 15) is 9.90 Å². The van der Waals surface area contributed by atoms with Gasteiger partial charge in [0, 0.05) is 67.6 Å². The third kappa shape index (κ3) is 7.88. The molecule has 5 aromatic rings. The Morgan fingerprint density at radius 1 is 0.839 bits per heavy atom. The van der Waals surface area contributed by atoms with Gasteiger partial charge in [0.25, 0.3) is 0 Å². The lowest BCUT2D eigenvalue weighted by atomic mass is 9.81. The highest BCUT2D eigenvalue weighted by molar-refractivity contribution is 7.24. The number of fused-ring (bicyclic) bond motifs is 4. The smallest absolute Gasteiger partial charge is 0.209 e. The minimum atomic E-state index is -0.489. The lowest BCUT2D eigenvalue weighted by Crippen LogP contribution is -2.28. The second kappa shape index (κ2) is 17.3. The van der Waals surface area contributed by atoms with Gasteiger partial charge in [-0.1, -0.05) is 102 Å². The van der Waals surface area contributed by atoms with Gasteiger partial charge >= 0.3 is 0 Å². The summed E-state index contributed by atoms with van der Waals surface area (Å²) in [6.45, 7) is 22.3. The first kappa shape index (κ1) is 41.1. The van der Waals surface area contributed by atoms with Crippen molar-refractivity contribution in [3.63, 3.8) is 0 Å². The molecule has 3 heterocycles. The van der Waals surface area contributed by atoms with E-state index >= 15 is 0 Å². The molecule has 0 bridgehead atoms. The molecule has 0 radical (unpaired) electrons. The van der Waals surface area contributed by atoms with Crippen molar-refractivity contribution in [1.29, 1.82) is 0 Å². The summed E-state index contributed by atoms with van der Waals surface area (Å²) < 4.78 is 10.3. The maximum Gasteiger partial charge on any atom is 0.209 e. The maximum atomic E-state index is 12.8. The molecule has 1 unspecified atom stereocenters.